The molecule has 0 saturated carbocycles. The van der Waals surface area contributed by atoms with E-state index in [1.54, 1.807) is 6.92 Å². The van der Waals surface area contributed by atoms with Gasteiger partial charge in [0, 0.05) is 0 Å². The van der Waals surface area contributed by atoms with Crippen LogP contribution in [0.2, 0.25) is 0 Å². The Balaban J connectivity index is 2.03. The fraction of sp³-hybridized carbons (Fsp3) is 0.375. The minimum Gasteiger partial charge on any atom is -0.461 e. The summed E-state index contributed by atoms with van der Waals surface area (Å²) in [5, 5.41) is 0. The summed E-state index contributed by atoms with van der Waals surface area (Å²) in [5.74, 6) is 0.596. The number of rotatable bonds is 6. The van der Waals surface area contributed by atoms with Crippen molar-refractivity contribution in [2.75, 3.05) is 6.61 Å². The van der Waals surface area contributed by atoms with Gasteiger partial charge in [-0.2, -0.15) is 4.98 Å². The van der Waals surface area contributed by atoms with E-state index < -0.39 is 5.97 Å². The molecule has 5 nitrogen and oxygen atoms in total. The highest BCUT2D eigenvalue weighted by Gasteiger charge is 2.14. The number of nitrogens with zero attached hydrogens (tertiary/aromatic N) is 1. The van der Waals surface area contributed by atoms with E-state index in [0.717, 1.165) is 6.42 Å². The highest BCUT2D eigenvalue weighted by Crippen LogP contribution is 2.25. The van der Waals surface area contributed by atoms with E-state index in [9.17, 15) is 4.79 Å². The van der Waals surface area contributed by atoms with E-state index >= 15 is 0 Å². The van der Waals surface area contributed by atoms with Crippen molar-refractivity contribution < 1.29 is 18.7 Å². The lowest BCUT2D eigenvalue weighted by atomic mass is 9.99. The second-order valence-corrected chi connectivity index (χ2v) is 4.70. The maximum absolute atomic E-state index is 11.5. The Morgan fingerprint density at radius 3 is 2.62 bits per heavy atom. The molecule has 0 aliphatic heterocycles. The van der Waals surface area contributed by atoms with Crippen LogP contribution in [0.4, 0.5) is 0 Å². The van der Waals surface area contributed by atoms with Crippen LogP contribution in [0.3, 0.4) is 0 Å². The molecule has 1 unspecified atom stereocenters. The molecule has 0 spiro atoms. The molecule has 0 aliphatic carbocycles. The smallest absolute Gasteiger partial charge is 0.399 e. The molecule has 0 radical (unpaired) electrons. The van der Waals surface area contributed by atoms with Gasteiger partial charge in [0.15, 0.2) is 5.69 Å². The van der Waals surface area contributed by atoms with Crippen molar-refractivity contribution in [2.45, 2.75) is 33.1 Å². The van der Waals surface area contributed by atoms with Gasteiger partial charge in [-0.05, 0) is 37.0 Å². The third-order valence-corrected chi connectivity index (χ3v) is 3.23. The first-order valence-corrected chi connectivity index (χ1v) is 7.04. The highest BCUT2D eigenvalue weighted by molar-refractivity contribution is 5.86. The van der Waals surface area contributed by atoms with Gasteiger partial charge in [0.1, 0.15) is 12.0 Å². The Morgan fingerprint density at radius 1 is 1.29 bits per heavy atom. The summed E-state index contributed by atoms with van der Waals surface area (Å²) in [5.41, 5.74) is 1.35. The van der Waals surface area contributed by atoms with Crippen LogP contribution in [0, 0.1) is 0 Å². The summed E-state index contributed by atoms with van der Waals surface area (Å²) in [4.78, 5) is 15.4. The maximum Gasteiger partial charge on any atom is 0.399 e. The molecule has 0 N–H and O–H groups in total. The van der Waals surface area contributed by atoms with Gasteiger partial charge < -0.3 is 13.9 Å². The maximum atomic E-state index is 11.5. The van der Waals surface area contributed by atoms with E-state index in [1.165, 1.54) is 11.8 Å². The molecule has 2 rings (SSSR count). The van der Waals surface area contributed by atoms with Gasteiger partial charge in [-0.1, -0.05) is 26.0 Å². The van der Waals surface area contributed by atoms with Crippen molar-refractivity contribution in [3.8, 4) is 11.8 Å². The molecule has 0 bridgehead atoms. The summed E-state index contributed by atoms with van der Waals surface area (Å²) in [6.45, 7) is 6.35. The van der Waals surface area contributed by atoms with Crippen LogP contribution in [0.1, 0.15) is 49.2 Å². The highest BCUT2D eigenvalue weighted by atomic mass is 16.6. The number of hydrogen-bond donors (Lipinski definition) is 0. The minimum atomic E-state index is -0.525. The summed E-state index contributed by atoms with van der Waals surface area (Å²) in [6, 6.07) is 7.74. The van der Waals surface area contributed by atoms with E-state index in [-0.39, 0.29) is 11.8 Å². The average Bonchev–Trinajstić information content (AvgIpc) is 2.96. The lowest BCUT2D eigenvalue weighted by molar-refractivity contribution is 0.0519. The predicted molar refractivity (Wildman–Crippen MR) is 77.7 cm³/mol. The van der Waals surface area contributed by atoms with Gasteiger partial charge in [-0.15, -0.1) is 0 Å². The van der Waals surface area contributed by atoms with Crippen LogP contribution in [-0.2, 0) is 4.74 Å². The molecule has 1 atom stereocenters. The number of benzene rings is 1. The third-order valence-electron chi connectivity index (χ3n) is 3.23. The van der Waals surface area contributed by atoms with Crippen molar-refractivity contribution in [2.24, 2.45) is 0 Å². The van der Waals surface area contributed by atoms with E-state index in [0.29, 0.717) is 18.3 Å². The Morgan fingerprint density at radius 2 is 2.00 bits per heavy atom. The first kappa shape index (κ1) is 15.1. The van der Waals surface area contributed by atoms with Crippen molar-refractivity contribution in [3.63, 3.8) is 0 Å². The second kappa shape index (κ2) is 6.92. The largest absolute Gasteiger partial charge is 0.461 e. The van der Waals surface area contributed by atoms with Crippen LogP contribution in [0.5, 0.6) is 11.8 Å². The van der Waals surface area contributed by atoms with Crippen LogP contribution in [0.25, 0.3) is 0 Å². The van der Waals surface area contributed by atoms with E-state index in [4.69, 9.17) is 13.9 Å². The van der Waals surface area contributed by atoms with Crippen molar-refractivity contribution in [1.29, 1.82) is 0 Å². The first-order chi connectivity index (χ1) is 10.1. The van der Waals surface area contributed by atoms with Crippen LogP contribution in [0.15, 0.2) is 34.9 Å². The molecule has 1 aromatic carbocycles. The summed E-state index contributed by atoms with van der Waals surface area (Å²) < 4.78 is 15.4. The fourth-order valence-electron chi connectivity index (χ4n) is 1.80. The van der Waals surface area contributed by atoms with Gasteiger partial charge in [-0.3, -0.25) is 0 Å². The Bertz CT molecular complexity index is 589. The zero-order valence-corrected chi connectivity index (χ0v) is 12.5. The normalized spacial score (nSPS) is 12.0. The quantitative estimate of drug-likeness (QED) is 0.747. The molecule has 2 aromatic rings. The lowest BCUT2D eigenvalue weighted by Gasteiger charge is -2.09. The fourth-order valence-corrected chi connectivity index (χ4v) is 1.80. The molecular formula is C16H19NO4. The predicted octanol–water partition coefficient (Wildman–Crippen LogP) is 4.16. The van der Waals surface area contributed by atoms with Crippen molar-refractivity contribution in [3.05, 3.63) is 41.8 Å². The van der Waals surface area contributed by atoms with Gasteiger partial charge in [0.25, 0.3) is 0 Å². The number of hydrogen-bond acceptors (Lipinski definition) is 5. The number of ether oxygens (including phenoxy) is 2. The molecule has 112 valence electrons. The number of carbonyl (C=O) groups excluding carboxylic acids is 1. The Labute approximate surface area is 123 Å². The Hall–Kier alpha value is -2.30. The number of oxazole rings is 1. The number of aromatic nitrogens is 1. The third kappa shape index (κ3) is 3.84. The monoisotopic (exact) mass is 289 g/mol. The van der Waals surface area contributed by atoms with E-state index in [1.807, 2.05) is 24.3 Å². The van der Waals surface area contributed by atoms with Crippen molar-refractivity contribution in [1.82, 2.24) is 4.98 Å². The molecule has 1 heterocycles. The molecule has 0 amide bonds. The van der Waals surface area contributed by atoms with Crippen LogP contribution < -0.4 is 4.74 Å². The SMILES string of the molecule is CCOC(=O)c1coc(Oc2ccc(C(C)CC)cc2)n1. The van der Waals surface area contributed by atoms with Gasteiger partial charge >= 0.3 is 12.0 Å². The van der Waals surface area contributed by atoms with Gasteiger partial charge in [0.05, 0.1) is 6.61 Å². The number of esters is 1. The first-order valence-electron chi connectivity index (χ1n) is 7.04. The molecule has 0 fully saturated rings. The second-order valence-electron chi connectivity index (χ2n) is 4.70. The minimum absolute atomic E-state index is 0.0225. The van der Waals surface area contributed by atoms with Crippen LogP contribution >= 0.6 is 0 Å². The molecule has 0 saturated heterocycles. The zero-order chi connectivity index (χ0) is 15.2. The molecule has 1 aromatic heterocycles. The lowest BCUT2D eigenvalue weighted by Crippen LogP contribution is -2.04. The van der Waals surface area contributed by atoms with Gasteiger partial charge in [-0.25, -0.2) is 4.79 Å². The van der Waals surface area contributed by atoms with Crippen molar-refractivity contribution >= 4 is 5.97 Å². The number of carbonyl (C=O) groups is 1. The molecule has 21 heavy (non-hydrogen) atoms. The standard InChI is InChI=1S/C16H19NO4/c1-4-11(3)12-6-8-13(9-7-12)21-16-17-14(10-20-16)15(18)19-5-2/h6-11H,4-5H2,1-3H3. The zero-order valence-electron chi connectivity index (χ0n) is 12.5. The Kier molecular flexibility index (Phi) is 4.98. The summed E-state index contributed by atoms with van der Waals surface area (Å²) >= 11 is 0. The molecule has 5 heteroatoms. The summed E-state index contributed by atoms with van der Waals surface area (Å²) in [7, 11) is 0. The van der Waals surface area contributed by atoms with Crippen LogP contribution in [-0.4, -0.2) is 17.6 Å². The average molecular weight is 289 g/mol. The molecular weight excluding hydrogens is 270 g/mol. The topological polar surface area (TPSA) is 61.6 Å². The summed E-state index contributed by atoms with van der Waals surface area (Å²) in [6.07, 6.45) is 2.33. The van der Waals surface area contributed by atoms with E-state index in [2.05, 4.69) is 18.8 Å². The van der Waals surface area contributed by atoms with Gasteiger partial charge in [0.2, 0.25) is 0 Å². The molecule has 0 aliphatic rings.